The summed E-state index contributed by atoms with van der Waals surface area (Å²) in [7, 11) is 0. The van der Waals surface area contributed by atoms with E-state index in [1.165, 1.54) is 0 Å². The first-order chi connectivity index (χ1) is 13.1. The lowest BCUT2D eigenvalue weighted by Gasteiger charge is -2.30. The monoisotopic (exact) mass is 366 g/mol. The fraction of sp³-hybridized carbons (Fsp3) is 0.364. The molecule has 2 aliphatic carbocycles. The SMILES string of the molecule is O=C(O[C@H]1CC[C@@]2(O)[C@@H](OC(=O)c3ccccc3)CC[C@@H]12)c1ccccc1. The number of fused-ring (bicyclic) bond motifs is 1. The summed E-state index contributed by atoms with van der Waals surface area (Å²) in [5.41, 5.74) is -0.167. The van der Waals surface area contributed by atoms with Gasteiger partial charge in [0.05, 0.1) is 11.1 Å². The Morgan fingerprint density at radius 3 is 1.96 bits per heavy atom. The molecule has 4 rings (SSSR count). The van der Waals surface area contributed by atoms with Crippen molar-refractivity contribution in [3.8, 4) is 0 Å². The van der Waals surface area contributed by atoms with Crippen LogP contribution >= 0.6 is 0 Å². The third kappa shape index (κ3) is 3.35. The number of carbonyl (C=O) groups is 2. The van der Waals surface area contributed by atoms with Gasteiger partial charge in [-0.1, -0.05) is 36.4 Å². The normalized spacial score (nSPS) is 29.1. The van der Waals surface area contributed by atoms with E-state index < -0.39 is 17.7 Å². The lowest BCUT2D eigenvalue weighted by Crippen LogP contribution is -2.44. The zero-order valence-corrected chi connectivity index (χ0v) is 14.9. The molecule has 2 saturated carbocycles. The van der Waals surface area contributed by atoms with Gasteiger partial charge in [0.25, 0.3) is 0 Å². The molecule has 0 aromatic heterocycles. The van der Waals surface area contributed by atoms with Crippen molar-refractivity contribution in [2.75, 3.05) is 0 Å². The van der Waals surface area contributed by atoms with E-state index >= 15 is 0 Å². The molecule has 0 radical (unpaired) electrons. The van der Waals surface area contributed by atoms with Gasteiger partial charge in [0, 0.05) is 5.92 Å². The molecule has 2 aromatic rings. The molecule has 5 heteroatoms. The molecule has 0 unspecified atom stereocenters. The van der Waals surface area contributed by atoms with Gasteiger partial charge in [-0.2, -0.15) is 0 Å². The third-order valence-corrected chi connectivity index (χ3v) is 5.74. The molecule has 0 heterocycles. The number of ether oxygens (including phenoxy) is 2. The van der Waals surface area contributed by atoms with Crippen molar-refractivity contribution >= 4 is 11.9 Å². The molecule has 0 spiro atoms. The highest BCUT2D eigenvalue weighted by molar-refractivity contribution is 5.90. The van der Waals surface area contributed by atoms with E-state index in [1.807, 2.05) is 12.1 Å². The maximum atomic E-state index is 12.4. The standard InChI is InChI=1S/C22H22O5/c23-20(15-7-3-1-4-8-15)26-18-13-14-22(25)17(18)11-12-19(22)27-21(24)16-9-5-2-6-10-16/h1-10,17-19,25H,11-14H2/t17-,18-,19-,22-/m0/s1. The Kier molecular flexibility index (Phi) is 4.70. The maximum absolute atomic E-state index is 12.4. The van der Waals surface area contributed by atoms with Crippen molar-refractivity contribution < 1.29 is 24.2 Å². The zero-order valence-electron chi connectivity index (χ0n) is 14.9. The smallest absolute Gasteiger partial charge is 0.338 e. The number of rotatable bonds is 4. The quantitative estimate of drug-likeness (QED) is 0.840. The van der Waals surface area contributed by atoms with Crippen molar-refractivity contribution in [3.63, 3.8) is 0 Å². The Bertz CT molecular complexity index is 819. The predicted molar refractivity (Wildman–Crippen MR) is 98.2 cm³/mol. The number of hydrogen-bond acceptors (Lipinski definition) is 5. The van der Waals surface area contributed by atoms with Crippen molar-refractivity contribution in [2.45, 2.75) is 43.5 Å². The van der Waals surface area contributed by atoms with E-state index in [2.05, 4.69) is 0 Å². The molecule has 140 valence electrons. The Hall–Kier alpha value is -2.66. The molecule has 0 amide bonds. The summed E-state index contributed by atoms with van der Waals surface area (Å²) in [5, 5.41) is 11.2. The van der Waals surface area contributed by atoms with Gasteiger partial charge in [0.1, 0.15) is 17.8 Å². The molecule has 5 nitrogen and oxygen atoms in total. The Morgan fingerprint density at radius 1 is 0.815 bits per heavy atom. The minimum Gasteiger partial charge on any atom is -0.458 e. The van der Waals surface area contributed by atoms with E-state index in [9.17, 15) is 14.7 Å². The van der Waals surface area contributed by atoms with Gasteiger partial charge < -0.3 is 14.6 Å². The van der Waals surface area contributed by atoms with Gasteiger partial charge in [-0.05, 0) is 49.9 Å². The fourth-order valence-electron chi connectivity index (χ4n) is 4.35. The Balaban J connectivity index is 1.42. The van der Waals surface area contributed by atoms with Crippen LogP contribution in [0.15, 0.2) is 60.7 Å². The van der Waals surface area contributed by atoms with Gasteiger partial charge >= 0.3 is 11.9 Å². The number of carbonyl (C=O) groups excluding carboxylic acids is 2. The average Bonchev–Trinajstić information content (AvgIpc) is 3.19. The van der Waals surface area contributed by atoms with Crippen LogP contribution in [0.1, 0.15) is 46.4 Å². The molecular weight excluding hydrogens is 344 g/mol. The first-order valence-electron chi connectivity index (χ1n) is 9.32. The number of aliphatic hydroxyl groups is 1. The van der Waals surface area contributed by atoms with Crippen LogP contribution < -0.4 is 0 Å². The molecule has 1 N–H and O–H groups in total. The highest BCUT2D eigenvalue weighted by atomic mass is 16.6. The van der Waals surface area contributed by atoms with E-state index in [0.717, 1.165) is 0 Å². The molecule has 2 aliphatic rings. The average molecular weight is 366 g/mol. The van der Waals surface area contributed by atoms with Gasteiger partial charge in [-0.3, -0.25) is 0 Å². The van der Waals surface area contributed by atoms with Crippen LogP contribution in [0.25, 0.3) is 0 Å². The van der Waals surface area contributed by atoms with Gasteiger partial charge in [0.2, 0.25) is 0 Å². The highest BCUT2D eigenvalue weighted by Crippen LogP contribution is 2.50. The van der Waals surface area contributed by atoms with Crippen LogP contribution in [-0.4, -0.2) is 34.9 Å². The molecule has 0 aliphatic heterocycles. The Labute approximate surface area is 157 Å². The Morgan fingerprint density at radius 2 is 1.37 bits per heavy atom. The summed E-state index contributed by atoms with van der Waals surface area (Å²) in [6, 6.07) is 17.6. The van der Waals surface area contributed by atoms with Crippen LogP contribution in [0, 0.1) is 5.92 Å². The van der Waals surface area contributed by atoms with Crippen molar-refractivity contribution in [1.29, 1.82) is 0 Å². The summed E-state index contributed by atoms with van der Waals surface area (Å²) < 4.78 is 11.3. The number of hydrogen-bond donors (Lipinski definition) is 1. The minimum absolute atomic E-state index is 0.210. The van der Waals surface area contributed by atoms with Crippen LogP contribution in [0.4, 0.5) is 0 Å². The van der Waals surface area contributed by atoms with E-state index in [1.54, 1.807) is 48.5 Å². The number of esters is 2. The highest BCUT2D eigenvalue weighted by Gasteiger charge is 2.59. The van der Waals surface area contributed by atoms with Crippen molar-refractivity contribution in [2.24, 2.45) is 5.92 Å². The van der Waals surface area contributed by atoms with Gasteiger partial charge in [-0.25, -0.2) is 9.59 Å². The first kappa shape index (κ1) is 17.7. The lowest BCUT2D eigenvalue weighted by atomic mass is 9.92. The van der Waals surface area contributed by atoms with Crippen LogP contribution in [-0.2, 0) is 9.47 Å². The summed E-state index contributed by atoms with van der Waals surface area (Å²) in [6.07, 6.45) is 1.32. The van der Waals surface area contributed by atoms with Crippen LogP contribution in [0.3, 0.4) is 0 Å². The molecular formula is C22H22O5. The first-order valence-corrected chi connectivity index (χ1v) is 9.32. The van der Waals surface area contributed by atoms with E-state index in [0.29, 0.717) is 36.8 Å². The lowest BCUT2D eigenvalue weighted by molar-refractivity contribution is -0.0883. The van der Waals surface area contributed by atoms with Crippen LogP contribution in [0.5, 0.6) is 0 Å². The number of benzene rings is 2. The van der Waals surface area contributed by atoms with E-state index in [-0.39, 0.29) is 18.0 Å². The molecule has 27 heavy (non-hydrogen) atoms. The summed E-state index contributed by atoms with van der Waals surface area (Å²) in [4.78, 5) is 24.7. The third-order valence-electron chi connectivity index (χ3n) is 5.74. The molecule has 0 bridgehead atoms. The maximum Gasteiger partial charge on any atom is 0.338 e. The molecule has 2 fully saturated rings. The van der Waals surface area contributed by atoms with Crippen molar-refractivity contribution in [3.05, 3.63) is 71.8 Å². The molecule has 4 atom stereocenters. The second kappa shape index (κ2) is 7.16. The zero-order chi connectivity index (χ0) is 18.9. The minimum atomic E-state index is -1.13. The topological polar surface area (TPSA) is 72.8 Å². The second-order valence-electron chi connectivity index (χ2n) is 7.28. The molecule has 2 aromatic carbocycles. The summed E-state index contributed by atoms with van der Waals surface area (Å²) >= 11 is 0. The summed E-state index contributed by atoms with van der Waals surface area (Å²) in [6.45, 7) is 0. The molecule has 0 saturated heterocycles. The van der Waals surface area contributed by atoms with Crippen molar-refractivity contribution in [1.82, 2.24) is 0 Å². The second-order valence-corrected chi connectivity index (χ2v) is 7.28. The van der Waals surface area contributed by atoms with Gasteiger partial charge in [0.15, 0.2) is 0 Å². The van der Waals surface area contributed by atoms with Crippen LogP contribution in [0.2, 0.25) is 0 Å². The largest absolute Gasteiger partial charge is 0.458 e. The van der Waals surface area contributed by atoms with Gasteiger partial charge in [-0.15, -0.1) is 0 Å². The van der Waals surface area contributed by atoms with E-state index in [4.69, 9.17) is 9.47 Å². The summed E-state index contributed by atoms with van der Waals surface area (Å²) in [5.74, 6) is -1.02. The fourth-order valence-corrected chi connectivity index (χ4v) is 4.35. The predicted octanol–water partition coefficient (Wildman–Crippen LogP) is 3.37.